The highest BCUT2D eigenvalue weighted by atomic mass is 19.4. The number of nitrogens with one attached hydrogen (secondary N) is 1. The van der Waals surface area contributed by atoms with Gasteiger partial charge in [-0.05, 0) is 18.2 Å². The normalized spacial score (nSPS) is 18.5. The van der Waals surface area contributed by atoms with Crippen molar-refractivity contribution in [3.05, 3.63) is 29.3 Å². The quantitative estimate of drug-likeness (QED) is 0.888. The molecule has 0 aliphatic carbocycles. The molecule has 0 radical (unpaired) electrons. The SMILES string of the molecule is COc1ccc(C(F)(F)F)cc1C(O)CN1CCNCC1. The zero-order chi connectivity index (χ0) is 15.5. The van der Waals surface area contributed by atoms with Crippen LogP contribution in [0.3, 0.4) is 0 Å². The predicted octanol–water partition coefficient (Wildman–Crippen LogP) is 1.65. The minimum absolute atomic E-state index is 0.172. The molecule has 1 fully saturated rings. The Balaban J connectivity index is 2.19. The van der Waals surface area contributed by atoms with E-state index in [1.807, 2.05) is 4.90 Å². The molecule has 1 heterocycles. The average Bonchev–Trinajstić information content (AvgIpc) is 2.46. The predicted molar refractivity (Wildman–Crippen MR) is 72.3 cm³/mol. The lowest BCUT2D eigenvalue weighted by molar-refractivity contribution is -0.137. The first kappa shape index (κ1) is 16.1. The van der Waals surface area contributed by atoms with Gasteiger partial charge in [0, 0.05) is 38.3 Å². The van der Waals surface area contributed by atoms with Crippen LogP contribution in [0.2, 0.25) is 0 Å². The molecule has 2 rings (SSSR count). The summed E-state index contributed by atoms with van der Waals surface area (Å²) in [5.41, 5.74) is -0.608. The highest BCUT2D eigenvalue weighted by Crippen LogP contribution is 2.35. The average molecular weight is 304 g/mol. The van der Waals surface area contributed by atoms with E-state index in [1.54, 1.807) is 0 Å². The molecule has 1 aromatic rings. The number of nitrogens with zero attached hydrogens (tertiary/aromatic N) is 1. The second kappa shape index (κ2) is 6.64. The molecule has 7 heteroatoms. The lowest BCUT2D eigenvalue weighted by Gasteiger charge is -2.29. The van der Waals surface area contributed by atoms with Crippen LogP contribution in [0.15, 0.2) is 18.2 Å². The van der Waals surface area contributed by atoms with E-state index in [-0.39, 0.29) is 11.3 Å². The van der Waals surface area contributed by atoms with E-state index >= 15 is 0 Å². The number of hydrogen-bond acceptors (Lipinski definition) is 4. The minimum atomic E-state index is -4.43. The molecule has 1 aliphatic rings. The van der Waals surface area contributed by atoms with E-state index in [9.17, 15) is 18.3 Å². The van der Waals surface area contributed by atoms with Gasteiger partial charge in [0.1, 0.15) is 5.75 Å². The largest absolute Gasteiger partial charge is 0.496 e. The van der Waals surface area contributed by atoms with Gasteiger partial charge in [0.15, 0.2) is 0 Å². The Morgan fingerprint density at radius 3 is 2.57 bits per heavy atom. The van der Waals surface area contributed by atoms with Crippen molar-refractivity contribution in [1.82, 2.24) is 10.2 Å². The number of hydrogen-bond donors (Lipinski definition) is 2. The van der Waals surface area contributed by atoms with Gasteiger partial charge in [0.05, 0.1) is 18.8 Å². The van der Waals surface area contributed by atoms with Gasteiger partial charge < -0.3 is 15.2 Å². The number of ether oxygens (including phenoxy) is 1. The molecular formula is C14H19F3N2O2. The summed E-state index contributed by atoms with van der Waals surface area (Å²) in [4.78, 5) is 2.01. The second-order valence-corrected chi connectivity index (χ2v) is 5.02. The number of aliphatic hydroxyl groups excluding tert-OH is 1. The first-order valence-corrected chi connectivity index (χ1v) is 6.78. The number of halogens is 3. The van der Waals surface area contributed by atoms with Crippen molar-refractivity contribution in [2.75, 3.05) is 39.8 Å². The van der Waals surface area contributed by atoms with Gasteiger partial charge in [-0.1, -0.05) is 0 Å². The number of piperazine rings is 1. The maximum Gasteiger partial charge on any atom is 0.416 e. The van der Waals surface area contributed by atoms with Crippen molar-refractivity contribution in [2.45, 2.75) is 12.3 Å². The summed E-state index contributed by atoms with van der Waals surface area (Å²) in [6.07, 6.45) is -5.45. The van der Waals surface area contributed by atoms with Crippen molar-refractivity contribution in [2.24, 2.45) is 0 Å². The van der Waals surface area contributed by atoms with E-state index in [0.29, 0.717) is 6.54 Å². The molecule has 0 saturated carbocycles. The molecular weight excluding hydrogens is 285 g/mol. The van der Waals surface area contributed by atoms with Crippen molar-refractivity contribution in [1.29, 1.82) is 0 Å². The van der Waals surface area contributed by atoms with Crippen molar-refractivity contribution >= 4 is 0 Å². The Morgan fingerprint density at radius 1 is 1.33 bits per heavy atom. The molecule has 21 heavy (non-hydrogen) atoms. The summed E-state index contributed by atoms with van der Waals surface area (Å²) >= 11 is 0. The Bertz CT molecular complexity index is 474. The molecule has 1 aromatic carbocycles. The molecule has 1 atom stereocenters. The van der Waals surface area contributed by atoms with Crippen LogP contribution in [-0.2, 0) is 6.18 Å². The molecule has 1 unspecified atom stereocenters. The summed E-state index contributed by atoms with van der Waals surface area (Å²) in [5.74, 6) is 0.269. The lowest BCUT2D eigenvalue weighted by atomic mass is 10.0. The van der Waals surface area contributed by atoms with Crippen LogP contribution >= 0.6 is 0 Å². The number of alkyl halides is 3. The molecule has 0 spiro atoms. The van der Waals surface area contributed by atoms with E-state index < -0.39 is 17.8 Å². The fourth-order valence-electron chi connectivity index (χ4n) is 2.41. The molecule has 1 saturated heterocycles. The maximum absolute atomic E-state index is 12.8. The first-order chi connectivity index (χ1) is 9.91. The Hall–Kier alpha value is -1.31. The Kier molecular flexibility index (Phi) is 5.08. The topological polar surface area (TPSA) is 44.7 Å². The van der Waals surface area contributed by atoms with Crippen LogP contribution in [-0.4, -0.2) is 49.8 Å². The summed E-state index contributed by atoms with van der Waals surface area (Å²) in [5, 5.41) is 13.4. The zero-order valence-electron chi connectivity index (χ0n) is 11.8. The van der Waals surface area contributed by atoms with Gasteiger partial charge in [-0.3, -0.25) is 4.90 Å². The van der Waals surface area contributed by atoms with Gasteiger partial charge in [0.25, 0.3) is 0 Å². The van der Waals surface area contributed by atoms with E-state index in [0.717, 1.165) is 38.3 Å². The maximum atomic E-state index is 12.8. The highest BCUT2D eigenvalue weighted by molar-refractivity contribution is 5.40. The molecule has 0 aromatic heterocycles. The third-order valence-corrected chi connectivity index (χ3v) is 3.56. The standard InChI is InChI=1S/C14H19F3N2O2/c1-21-13-3-2-10(14(15,16)17)8-11(13)12(20)9-19-6-4-18-5-7-19/h2-3,8,12,18,20H,4-7,9H2,1H3. The molecule has 1 aliphatic heterocycles. The molecule has 2 N–H and O–H groups in total. The highest BCUT2D eigenvalue weighted by Gasteiger charge is 2.32. The third-order valence-electron chi connectivity index (χ3n) is 3.56. The van der Waals surface area contributed by atoms with Crippen LogP contribution in [0.25, 0.3) is 0 Å². The van der Waals surface area contributed by atoms with Crippen LogP contribution < -0.4 is 10.1 Å². The summed E-state index contributed by atoms with van der Waals surface area (Å²) in [6, 6.07) is 3.17. The Labute approximate surface area is 121 Å². The number of benzene rings is 1. The molecule has 0 amide bonds. The zero-order valence-corrected chi connectivity index (χ0v) is 11.8. The van der Waals surface area contributed by atoms with Crippen LogP contribution in [0.5, 0.6) is 5.75 Å². The molecule has 4 nitrogen and oxygen atoms in total. The van der Waals surface area contributed by atoms with Gasteiger partial charge in [-0.25, -0.2) is 0 Å². The van der Waals surface area contributed by atoms with Crippen molar-refractivity contribution < 1.29 is 23.0 Å². The van der Waals surface area contributed by atoms with E-state index in [2.05, 4.69) is 5.32 Å². The van der Waals surface area contributed by atoms with Crippen molar-refractivity contribution in [3.8, 4) is 5.75 Å². The monoisotopic (exact) mass is 304 g/mol. The van der Waals surface area contributed by atoms with E-state index in [1.165, 1.54) is 13.2 Å². The minimum Gasteiger partial charge on any atom is -0.496 e. The third kappa shape index (κ3) is 4.09. The number of aliphatic hydroxyl groups is 1. The first-order valence-electron chi connectivity index (χ1n) is 6.78. The number of methoxy groups -OCH3 is 1. The van der Waals surface area contributed by atoms with Crippen LogP contribution in [0, 0.1) is 0 Å². The molecule has 0 bridgehead atoms. The number of β-amino-alcohol motifs (C(OH)–C–C–N with tert-alkyl or cyclic N) is 1. The van der Waals surface area contributed by atoms with Crippen LogP contribution in [0.4, 0.5) is 13.2 Å². The number of rotatable bonds is 4. The molecule has 118 valence electrons. The Morgan fingerprint density at radius 2 is 2.00 bits per heavy atom. The fraction of sp³-hybridized carbons (Fsp3) is 0.571. The second-order valence-electron chi connectivity index (χ2n) is 5.02. The van der Waals surface area contributed by atoms with Gasteiger partial charge >= 0.3 is 6.18 Å². The summed E-state index contributed by atoms with van der Waals surface area (Å²) in [7, 11) is 1.38. The van der Waals surface area contributed by atoms with Gasteiger partial charge in [0.2, 0.25) is 0 Å². The van der Waals surface area contributed by atoms with Gasteiger partial charge in [-0.15, -0.1) is 0 Å². The van der Waals surface area contributed by atoms with Gasteiger partial charge in [-0.2, -0.15) is 13.2 Å². The van der Waals surface area contributed by atoms with E-state index in [4.69, 9.17) is 4.74 Å². The van der Waals surface area contributed by atoms with Crippen LogP contribution in [0.1, 0.15) is 17.2 Å². The fourth-order valence-corrected chi connectivity index (χ4v) is 2.41. The lowest BCUT2D eigenvalue weighted by Crippen LogP contribution is -2.45. The smallest absolute Gasteiger partial charge is 0.416 e. The van der Waals surface area contributed by atoms with Crippen molar-refractivity contribution in [3.63, 3.8) is 0 Å². The summed E-state index contributed by atoms with van der Waals surface area (Å²) < 4.78 is 43.4. The summed E-state index contributed by atoms with van der Waals surface area (Å²) in [6.45, 7) is 3.44.